The first kappa shape index (κ1) is 12.2. The van der Waals surface area contributed by atoms with E-state index >= 15 is 0 Å². The molecule has 0 saturated carbocycles. The SMILES string of the molecule is CCOc1cccc(NC(C)CSC)n1. The summed E-state index contributed by atoms with van der Waals surface area (Å²) in [5, 5.41) is 3.33. The van der Waals surface area contributed by atoms with Gasteiger partial charge in [-0.2, -0.15) is 16.7 Å². The molecule has 0 spiro atoms. The number of ether oxygens (including phenoxy) is 1. The van der Waals surface area contributed by atoms with Crippen molar-refractivity contribution in [2.75, 3.05) is 23.9 Å². The third-order valence-electron chi connectivity index (χ3n) is 1.83. The predicted octanol–water partition coefficient (Wildman–Crippen LogP) is 2.64. The van der Waals surface area contributed by atoms with Crippen LogP contribution in [0.2, 0.25) is 0 Å². The number of anilines is 1. The Kier molecular flexibility index (Phi) is 5.32. The molecule has 0 saturated heterocycles. The second-order valence-electron chi connectivity index (χ2n) is 3.29. The first-order chi connectivity index (χ1) is 7.26. The maximum absolute atomic E-state index is 5.33. The van der Waals surface area contributed by atoms with E-state index in [4.69, 9.17) is 4.74 Å². The average molecular weight is 226 g/mol. The van der Waals surface area contributed by atoms with E-state index in [0.29, 0.717) is 18.5 Å². The van der Waals surface area contributed by atoms with Gasteiger partial charge in [0.25, 0.3) is 0 Å². The maximum atomic E-state index is 5.33. The van der Waals surface area contributed by atoms with Crippen molar-refractivity contribution in [2.45, 2.75) is 19.9 Å². The van der Waals surface area contributed by atoms with Crippen molar-refractivity contribution >= 4 is 17.6 Å². The molecule has 0 bridgehead atoms. The molecule has 3 nitrogen and oxygen atoms in total. The highest BCUT2D eigenvalue weighted by molar-refractivity contribution is 7.98. The molecule has 0 radical (unpaired) electrons. The predicted molar refractivity (Wildman–Crippen MR) is 66.9 cm³/mol. The molecule has 0 aliphatic heterocycles. The second kappa shape index (κ2) is 6.56. The third kappa shape index (κ3) is 4.42. The molecular weight excluding hydrogens is 208 g/mol. The summed E-state index contributed by atoms with van der Waals surface area (Å²) in [5.41, 5.74) is 0. The fraction of sp³-hybridized carbons (Fsp3) is 0.545. The summed E-state index contributed by atoms with van der Waals surface area (Å²) < 4.78 is 5.33. The van der Waals surface area contributed by atoms with Crippen LogP contribution in [0.1, 0.15) is 13.8 Å². The zero-order valence-corrected chi connectivity index (χ0v) is 10.3. The minimum atomic E-state index is 0.421. The topological polar surface area (TPSA) is 34.1 Å². The molecule has 0 aliphatic rings. The number of rotatable bonds is 6. The Morgan fingerprint density at radius 1 is 1.53 bits per heavy atom. The molecule has 84 valence electrons. The lowest BCUT2D eigenvalue weighted by Gasteiger charge is -2.13. The Bertz CT molecular complexity index is 294. The lowest BCUT2D eigenvalue weighted by molar-refractivity contribution is 0.327. The number of nitrogens with one attached hydrogen (secondary N) is 1. The summed E-state index contributed by atoms with van der Waals surface area (Å²) in [6.07, 6.45) is 2.10. The monoisotopic (exact) mass is 226 g/mol. The molecule has 1 N–H and O–H groups in total. The molecule has 1 atom stereocenters. The van der Waals surface area contributed by atoms with Crippen molar-refractivity contribution in [1.29, 1.82) is 0 Å². The van der Waals surface area contributed by atoms with E-state index in [9.17, 15) is 0 Å². The Balaban J connectivity index is 2.56. The van der Waals surface area contributed by atoms with Crippen LogP contribution in [0.3, 0.4) is 0 Å². The molecule has 1 aromatic heterocycles. The Morgan fingerprint density at radius 2 is 2.33 bits per heavy atom. The summed E-state index contributed by atoms with van der Waals surface area (Å²) in [7, 11) is 0. The zero-order valence-electron chi connectivity index (χ0n) is 9.49. The van der Waals surface area contributed by atoms with Crippen LogP contribution < -0.4 is 10.1 Å². The van der Waals surface area contributed by atoms with Gasteiger partial charge in [-0.3, -0.25) is 0 Å². The van der Waals surface area contributed by atoms with Crippen LogP contribution in [0, 0.1) is 0 Å². The summed E-state index contributed by atoms with van der Waals surface area (Å²) in [6, 6.07) is 6.20. The number of thioether (sulfide) groups is 1. The lowest BCUT2D eigenvalue weighted by Crippen LogP contribution is -2.18. The molecule has 4 heteroatoms. The van der Waals surface area contributed by atoms with E-state index in [-0.39, 0.29) is 0 Å². The maximum Gasteiger partial charge on any atom is 0.215 e. The Labute approximate surface area is 95.6 Å². The summed E-state index contributed by atoms with van der Waals surface area (Å²) in [4.78, 5) is 4.34. The van der Waals surface area contributed by atoms with Gasteiger partial charge in [-0.1, -0.05) is 6.07 Å². The fourth-order valence-electron chi connectivity index (χ4n) is 1.27. The average Bonchev–Trinajstić information content (AvgIpc) is 2.19. The van der Waals surface area contributed by atoms with Gasteiger partial charge >= 0.3 is 0 Å². The Morgan fingerprint density at radius 3 is 3.00 bits per heavy atom. The summed E-state index contributed by atoms with van der Waals surface area (Å²) >= 11 is 1.82. The van der Waals surface area contributed by atoms with Gasteiger partial charge in [0.2, 0.25) is 5.88 Å². The van der Waals surface area contributed by atoms with Crippen LogP contribution in [-0.4, -0.2) is 29.6 Å². The van der Waals surface area contributed by atoms with Crippen molar-refractivity contribution in [1.82, 2.24) is 4.98 Å². The van der Waals surface area contributed by atoms with Gasteiger partial charge in [-0.25, -0.2) is 0 Å². The second-order valence-corrected chi connectivity index (χ2v) is 4.21. The first-order valence-corrected chi connectivity index (χ1v) is 6.51. The van der Waals surface area contributed by atoms with Crippen molar-refractivity contribution < 1.29 is 4.74 Å². The van der Waals surface area contributed by atoms with Gasteiger partial charge in [0.1, 0.15) is 5.82 Å². The summed E-state index contributed by atoms with van der Waals surface area (Å²) in [6.45, 7) is 4.75. The third-order valence-corrected chi connectivity index (χ3v) is 2.66. The minimum absolute atomic E-state index is 0.421. The van der Waals surface area contributed by atoms with Crippen molar-refractivity contribution in [3.8, 4) is 5.88 Å². The van der Waals surface area contributed by atoms with Gasteiger partial charge in [0.15, 0.2) is 0 Å². The number of nitrogens with zero attached hydrogens (tertiary/aromatic N) is 1. The van der Waals surface area contributed by atoms with Crippen LogP contribution in [0.25, 0.3) is 0 Å². The minimum Gasteiger partial charge on any atom is -0.478 e. The van der Waals surface area contributed by atoms with Crippen LogP contribution in [0.15, 0.2) is 18.2 Å². The molecular formula is C11H18N2OS. The van der Waals surface area contributed by atoms with E-state index in [1.165, 1.54) is 0 Å². The highest BCUT2D eigenvalue weighted by Crippen LogP contribution is 2.13. The number of hydrogen-bond acceptors (Lipinski definition) is 4. The quantitative estimate of drug-likeness (QED) is 0.808. The van der Waals surface area contributed by atoms with Gasteiger partial charge in [0.05, 0.1) is 6.61 Å². The van der Waals surface area contributed by atoms with E-state index in [2.05, 4.69) is 23.5 Å². The van der Waals surface area contributed by atoms with Crippen molar-refractivity contribution in [3.63, 3.8) is 0 Å². The highest BCUT2D eigenvalue weighted by atomic mass is 32.2. The standard InChI is InChI=1S/C11H18N2OS/c1-4-14-11-7-5-6-10(13-11)12-9(2)8-15-3/h5-7,9H,4,8H2,1-3H3,(H,12,13). The van der Waals surface area contributed by atoms with E-state index in [1.807, 2.05) is 36.9 Å². The van der Waals surface area contributed by atoms with E-state index in [0.717, 1.165) is 11.6 Å². The molecule has 1 aromatic rings. The number of pyridine rings is 1. The van der Waals surface area contributed by atoms with Crippen LogP contribution in [0.4, 0.5) is 5.82 Å². The molecule has 1 unspecified atom stereocenters. The van der Waals surface area contributed by atoms with Gasteiger partial charge < -0.3 is 10.1 Å². The van der Waals surface area contributed by atoms with Gasteiger partial charge in [0, 0.05) is 17.9 Å². The molecule has 1 rings (SSSR count). The number of aromatic nitrogens is 1. The van der Waals surface area contributed by atoms with Crippen LogP contribution >= 0.6 is 11.8 Å². The van der Waals surface area contributed by atoms with Gasteiger partial charge in [-0.05, 0) is 26.2 Å². The molecule has 0 aliphatic carbocycles. The molecule has 1 heterocycles. The highest BCUT2D eigenvalue weighted by Gasteiger charge is 2.02. The normalized spacial score (nSPS) is 12.2. The first-order valence-electron chi connectivity index (χ1n) is 5.11. The van der Waals surface area contributed by atoms with Gasteiger partial charge in [-0.15, -0.1) is 0 Å². The van der Waals surface area contributed by atoms with Crippen molar-refractivity contribution in [3.05, 3.63) is 18.2 Å². The van der Waals surface area contributed by atoms with E-state index in [1.54, 1.807) is 0 Å². The smallest absolute Gasteiger partial charge is 0.215 e. The van der Waals surface area contributed by atoms with Crippen LogP contribution in [0.5, 0.6) is 5.88 Å². The van der Waals surface area contributed by atoms with E-state index < -0.39 is 0 Å². The van der Waals surface area contributed by atoms with Crippen molar-refractivity contribution in [2.24, 2.45) is 0 Å². The molecule has 0 fully saturated rings. The number of hydrogen-bond donors (Lipinski definition) is 1. The molecule has 15 heavy (non-hydrogen) atoms. The van der Waals surface area contributed by atoms with Crippen LogP contribution in [-0.2, 0) is 0 Å². The molecule has 0 aromatic carbocycles. The Hall–Kier alpha value is -0.900. The zero-order chi connectivity index (χ0) is 11.1. The fourth-order valence-corrected chi connectivity index (χ4v) is 1.85. The largest absolute Gasteiger partial charge is 0.478 e. The lowest BCUT2D eigenvalue weighted by atomic mass is 10.3. The molecule has 0 amide bonds. The summed E-state index contributed by atoms with van der Waals surface area (Å²) in [5.74, 6) is 2.63.